The van der Waals surface area contributed by atoms with Gasteiger partial charge in [-0.25, -0.2) is 4.79 Å². The molecule has 3 aromatic rings. The van der Waals surface area contributed by atoms with E-state index in [1.54, 1.807) is 27.2 Å². The van der Waals surface area contributed by atoms with Gasteiger partial charge in [-0.15, -0.1) is 0 Å². The molecule has 9 nitrogen and oxygen atoms in total. The van der Waals surface area contributed by atoms with Gasteiger partial charge in [-0.1, -0.05) is 48.0 Å². The molecule has 0 saturated heterocycles. The van der Waals surface area contributed by atoms with Gasteiger partial charge in [-0.2, -0.15) is 0 Å². The lowest BCUT2D eigenvalue weighted by atomic mass is 9.71. The van der Waals surface area contributed by atoms with Gasteiger partial charge in [0.2, 0.25) is 0 Å². The number of ketones is 1. The van der Waals surface area contributed by atoms with Crippen LogP contribution in [0.25, 0.3) is 0 Å². The lowest BCUT2D eigenvalue weighted by Crippen LogP contribution is -2.36. The zero-order chi connectivity index (χ0) is 30.0. The molecule has 216 valence electrons. The van der Waals surface area contributed by atoms with Gasteiger partial charge in [0.05, 0.1) is 24.7 Å². The standard InChI is InChI=1S/C32H29ClN2O7/c1-18-29(32(37)42-17-19-7-5-4-6-8-19)30(23-16-22(35(38)39)10-11-24(23)33)31-25(34-18)13-21(14-26(31)36)20-9-12-27(40-2)28(15-20)41-3/h4-12,15-16,21,30,34H,13-14,17H2,1-3H3/t21-,30-/m0/s1. The van der Waals surface area contributed by atoms with Gasteiger partial charge in [0, 0.05) is 46.5 Å². The van der Waals surface area contributed by atoms with Gasteiger partial charge in [-0.05, 0) is 54.2 Å². The third kappa shape index (κ3) is 5.60. The molecule has 0 radical (unpaired) electrons. The number of nitrogens with zero attached hydrogens (tertiary/aromatic N) is 1. The molecular weight excluding hydrogens is 560 g/mol. The molecular formula is C32H29ClN2O7. The maximum absolute atomic E-state index is 14.0. The third-order valence-corrected chi connectivity index (χ3v) is 7.98. The van der Waals surface area contributed by atoms with Crippen molar-refractivity contribution < 1.29 is 28.7 Å². The number of esters is 1. The van der Waals surface area contributed by atoms with Gasteiger partial charge < -0.3 is 19.5 Å². The number of allylic oxidation sites excluding steroid dienone is 3. The number of hydrogen-bond acceptors (Lipinski definition) is 8. The van der Waals surface area contributed by atoms with Crippen LogP contribution in [0.4, 0.5) is 5.69 Å². The number of nitrogens with one attached hydrogen (secondary N) is 1. The molecule has 2 atom stereocenters. The second kappa shape index (κ2) is 12.1. The van der Waals surface area contributed by atoms with E-state index in [-0.39, 0.29) is 41.0 Å². The van der Waals surface area contributed by atoms with Crippen molar-refractivity contribution in [3.8, 4) is 11.5 Å². The van der Waals surface area contributed by atoms with E-state index in [1.807, 2.05) is 42.5 Å². The summed E-state index contributed by atoms with van der Waals surface area (Å²) in [5.41, 5.74) is 3.45. The minimum atomic E-state index is -0.948. The summed E-state index contributed by atoms with van der Waals surface area (Å²) < 4.78 is 16.5. The lowest BCUT2D eigenvalue weighted by molar-refractivity contribution is -0.384. The molecule has 3 aromatic carbocycles. The molecule has 1 aliphatic heterocycles. The SMILES string of the molecule is COc1ccc([C@@H]2CC(=O)C3=C(C2)NC(C)=C(C(=O)OCc2ccccc2)[C@@H]3c2cc([N+](=O)[O-])ccc2Cl)cc1OC. The molecule has 0 unspecified atom stereocenters. The molecule has 42 heavy (non-hydrogen) atoms. The number of methoxy groups -OCH3 is 2. The van der Waals surface area contributed by atoms with Crippen LogP contribution >= 0.6 is 11.6 Å². The minimum absolute atomic E-state index is 0.0209. The minimum Gasteiger partial charge on any atom is -0.493 e. The number of halogens is 1. The Morgan fingerprint density at radius 2 is 1.76 bits per heavy atom. The van der Waals surface area contributed by atoms with Crippen LogP contribution in [-0.4, -0.2) is 30.9 Å². The predicted octanol–water partition coefficient (Wildman–Crippen LogP) is 6.37. The number of nitro groups is 1. The Hall–Kier alpha value is -4.63. The number of Topliss-reactive ketones (excluding diaryl/α,β-unsaturated/α-hetero) is 1. The van der Waals surface area contributed by atoms with Crippen LogP contribution in [0.5, 0.6) is 11.5 Å². The number of hydrogen-bond donors (Lipinski definition) is 1. The van der Waals surface area contributed by atoms with E-state index in [1.165, 1.54) is 18.2 Å². The fourth-order valence-corrected chi connectivity index (χ4v) is 5.86. The van der Waals surface area contributed by atoms with Gasteiger partial charge in [0.15, 0.2) is 17.3 Å². The van der Waals surface area contributed by atoms with Crippen LogP contribution in [0.1, 0.15) is 48.3 Å². The largest absolute Gasteiger partial charge is 0.493 e. The molecule has 1 aliphatic carbocycles. The van der Waals surface area contributed by atoms with E-state index < -0.39 is 16.8 Å². The number of benzene rings is 3. The molecule has 0 spiro atoms. The van der Waals surface area contributed by atoms with Crippen molar-refractivity contribution in [2.24, 2.45) is 0 Å². The second-order valence-corrected chi connectivity index (χ2v) is 10.6. The number of carbonyl (C=O) groups excluding carboxylic acids is 2. The van der Waals surface area contributed by atoms with E-state index in [0.29, 0.717) is 40.5 Å². The molecule has 1 N–H and O–H groups in total. The molecule has 2 aliphatic rings. The maximum Gasteiger partial charge on any atom is 0.337 e. The Morgan fingerprint density at radius 1 is 1.02 bits per heavy atom. The summed E-state index contributed by atoms with van der Waals surface area (Å²) in [5.74, 6) is -0.828. The lowest BCUT2D eigenvalue weighted by Gasteiger charge is -2.37. The topological polar surface area (TPSA) is 117 Å². The van der Waals surface area contributed by atoms with Crippen molar-refractivity contribution in [3.05, 3.63) is 121 Å². The number of ether oxygens (including phenoxy) is 3. The number of dihydropyridines is 1. The van der Waals surface area contributed by atoms with E-state index in [4.69, 9.17) is 25.8 Å². The van der Waals surface area contributed by atoms with Crippen LogP contribution in [0.2, 0.25) is 5.02 Å². The van der Waals surface area contributed by atoms with E-state index in [0.717, 1.165) is 11.1 Å². The summed E-state index contributed by atoms with van der Waals surface area (Å²) in [6, 6.07) is 18.8. The fraction of sp³-hybridized carbons (Fsp3) is 0.250. The summed E-state index contributed by atoms with van der Waals surface area (Å²) >= 11 is 6.61. The average Bonchev–Trinajstić information content (AvgIpc) is 2.99. The highest BCUT2D eigenvalue weighted by molar-refractivity contribution is 6.31. The number of nitro benzene ring substituents is 1. The predicted molar refractivity (Wildman–Crippen MR) is 156 cm³/mol. The Morgan fingerprint density at radius 3 is 2.45 bits per heavy atom. The first-order valence-corrected chi connectivity index (χ1v) is 13.7. The van der Waals surface area contributed by atoms with Crippen LogP contribution in [0.15, 0.2) is 89.3 Å². The van der Waals surface area contributed by atoms with E-state index >= 15 is 0 Å². The molecule has 0 bridgehead atoms. The van der Waals surface area contributed by atoms with Crippen LogP contribution in [0.3, 0.4) is 0 Å². The molecule has 0 saturated carbocycles. The van der Waals surface area contributed by atoms with Crippen molar-refractivity contribution in [2.75, 3.05) is 14.2 Å². The fourth-order valence-electron chi connectivity index (χ4n) is 5.63. The number of non-ortho nitro benzene ring substituents is 1. The smallest absolute Gasteiger partial charge is 0.337 e. The first-order valence-electron chi connectivity index (χ1n) is 13.3. The van der Waals surface area contributed by atoms with Gasteiger partial charge in [0.25, 0.3) is 5.69 Å². The Labute approximate surface area is 247 Å². The van der Waals surface area contributed by atoms with Crippen molar-refractivity contribution in [1.29, 1.82) is 0 Å². The van der Waals surface area contributed by atoms with Gasteiger partial charge >= 0.3 is 5.97 Å². The highest BCUT2D eigenvalue weighted by Crippen LogP contribution is 2.48. The molecule has 0 fully saturated rings. The molecule has 5 rings (SSSR count). The number of rotatable bonds is 8. The van der Waals surface area contributed by atoms with Crippen molar-refractivity contribution in [1.82, 2.24) is 5.32 Å². The van der Waals surface area contributed by atoms with Crippen molar-refractivity contribution in [2.45, 2.75) is 38.2 Å². The first-order chi connectivity index (χ1) is 20.2. The monoisotopic (exact) mass is 588 g/mol. The summed E-state index contributed by atoms with van der Waals surface area (Å²) in [6.07, 6.45) is 0.619. The first kappa shape index (κ1) is 28.9. The highest BCUT2D eigenvalue weighted by atomic mass is 35.5. The summed E-state index contributed by atoms with van der Waals surface area (Å²) in [7, 11) is 3.11. The Balaban J connectivity index is 1.57. The van der Waals surface area contributed by atoms with Gasteiger partial charge in [0.1, 0.15) is 6.61 Å². The quantitative estimate of drug-likeness (QED) is 0.183. The van der Waals surface area contributed by atoms with Gasteiger partial charge in [-0.3, -0.25) is 14.9 Å². The highest BCUT2D eigenvalue weighted by Gasteiger charge is 2.42. The summed E-state index contributed by atoms with van der Waals surface area (Å²) in [6.45, 7) is 1.75. The summed E-state index contributed by atoms with van der Waals surface area (Å²) in [4.78, 5) is 38.7. The van der Waals surface area contributed by atoms with Crippen LogP contribution in [-0.2, 0) is 20.9 Å². The average molecular weight is 589 g/mol. The zero-order valence-corrected chi connectivity index (χ0v) is 24.1. The zero-order valence-electron chi connectivity index (χ0n) is 23.3. The molecule has 0 amide bonds. The van der Waals surface area contributed by atoms with Crippen LogP contribution < -0.4 is 14.8 Å². The van der Waals surface area contributed by atoms with Crippen molar-refractivity contribution >= 4 is 29.0 Å². The molecule has 0 aromatic heterocycles. The molecule has 1 heterocycles. The second-order valence-electron chi connectivity index (χ2n) is 10.2. The maximum atomic E-state index is 14.0. The third-order valence-electron chi connectivity index (χ3n) is 7.64. The van der Waals surface area contributed by atoms with Crippen molar-refractivity contribution in [3.63, 3.8) is 0 Å². The number of carbonyl (C=O) groups is 2. The Kier molecular flexibility index (Phi) is 8.31. The van der Waals surface area contributed by atoms with Crippen LogP contribution in [0, 0.1) is 10.1 Å². The molecule has 10 heteroatoms. The van der Waals surface area contributed by atoms with E-state index in [9.17, 15) is 19.7 Å². The summed E-state index contributed by atoms with van der Waals surface area (Å²) in [5, 5.41) is 15.2. The Bertz CT molecular complexity index is 1630. The van der Waals surface area contributed by atoms with E-state index in [2.05, 4.69) is 5.32 Å². The normalized spacial score (nSPS) is 18.2.